The SMILES string of the molecule is CCc1cc2c(c(OC)c1Cl)NC(=O)C2(c1ccc(O)cc1)c1ccc(O)cc1. The fourth-order valence-corrected chi connectivity index (χ4v) is 4.41. The number of halogens is 1. The molecule has 0 radical (unpaired) electrons. The molecule has 148 valence electrons. The van der Waals surface area contributed by atoms with Gasteiger partial charge in [-0.25, -0.2) is 0 Å². The molecule has 29 heavy (non-hydrogen) atoms. The maximum atomic E-state index is 13.6. The van der Waals surface area contributed by atoms with E-state index >= 15 is 0 Å². The number of nitrogens with one attached hydrogen (secondary N) is 1. The zero-order valence-corrected chi connectivity index (χ0v) is 16.7. The van der Waals surface area contributed by atoms with Gasteiger partial charge in [0.15, 0.2) is 5.75 Å². The minimum atomic E-state index is -1.18. The van der Waals surface area contributed by atoms with E-state index in [9.17, 15) is 15.0 Å². The van der Waals surface area contributed by atoms with Gasteiger partial charge in [0.25, 0.3) is 0 Å². The second-order valence-electron chi connectivity index (χ2n) is 6.96. The summed E-state index contributed by atoms with van der Waals surface area (Å²) in [7, 11) is 1.52. The van der Waals surface area contributed by atoms with Crippen molar-refractivity contribution in [3.63, 3.8) is 0 Å². The number of phenols is 2. The summed E-state index contributed by atoms with van der Waals surface area (Å²) in [5, 5.41) is 23.0. The van der Waals surface area contributed by atoms with Gasteiger partial charge < -0.3 is 20.3 Å². The molecule has 5 nitrogen and oxygen atoms in total. The second kappa shape index (κ2) is 7.01. The highest BCUT2D eigenvalue weighted by Gasteiger charge is 2.51. The molecule has 0 aromatic heterocycles. The summed E-state index contributed by atoms with van der Waals surface area (Å²) >= 11 is 6.52. The topological polar surface area (TPSA) is 78.8 Å². The number of hydrogen-bond acceptors (Lipinski definition) is 4. The number of rotatable bonds is 4. The van der Waals surface area contributed by atoms with Crippen LogP contribution in [-0.4, -0.2) is 23.2 Å². The van der Waals surface area contributed by atoms with Crippen molar-refractivity contribution in [1.29, 1.82) is 0 Å². The number of carbonyl (C=O) groups excluding carboxylic acids is 1. The fourth-order valence-electron chi connectivity index (χ4n) is 4.05. The van der Waals surface area contributed by atoms with Crippen LogP contribution in [0.15, 0.2) is 54.6 Å². The lowest BCUT2D eigenvalue weighted by Gasteiger charge is -2.29. The van der Waals surface area contributed by atoms with E-state index in [4.69, 9.17) is 16.3 Å². The molecule has 0 unspecified atom stereocenters. The highest BCUT2D eigenvalue weighted by molar-refractivity contribution is 6.34. The van der Waals surface area contributed by atoms with Gasteiger partial charge in [-0.2, -0.15) is 0 Å². The molecule has 0 aliphatic carbocycles. The summed E-state index contributed by atoms with van der Waals surface area (Å²) in [6, 6.07) is 15.0. The number of amides is 1. The van der Waals surface area contributed by atoms with Crippen LogP contribution in [0.4, 0.5) is 5.69 Å². The lowest BCUT2D eigenvalue weighted by atomic mass is 9.70. The van der Waals surface area contributed by atoms with Crippen molar-refractivity contribution in [2.45, 2.75) is 18.8 Å². The van der Waals surface area contributed by atoms with Gasteiger partial charge in [-0.15, -0.1) is 0 Å². The van der Waals surface area contributed by atoms with Crippen molar-refractivity contribution >= 4 is 23.2 Å². The van der Waals surface area contributed by atoms with E-state index in [1.807, 2.05) is 13.0 Å². The summed E-state index contributed by atoms with van der Waals surface area (Å²) in [6.07, 6.45) is 0.665. The average molecular weight is 410 g/mol. The summed E-state index contributed by atoms with van der Waals surface area (Å²) in [4.78, 5) is 13.6. The van der Waals surface area contributed by atoms with Gasteiger partial charge in [0.1, 0.15) is 16.9 Å². The first-order valence-electron chi connectivity index (χ1n) is 9.23. The standard InChI is InChI=1S/C23H20ClNO4/c1-3-13-12-18-20(21(29-2)19(13)24)25-22(28)23(18,14-4-8-16(26)9-5-14)15-6-10-17(27)11-7-15/h4-12,26-27H,3H2,1-2H3,(H,25,28). The van der Waals surface area contributed by atoms with Crippen LogP contribution >= 0.6 is 11.6 Å². The minimum absolute atomic E-state index is 0.108. The molecule has 0 saturated heterocycles. The number of anilines is 1. The molecule has 0 spiro atoms. The van der Waals surface area contributed by atoms with Gasteiger partial charge in [0.05, 0.1) is 17.8 Å². The summed E-state index contributed by atoms with van der Waals surface area (Å²) in [6.45, 7) is 1.99. The molecule has 3 aromatic rings. The number of methoxy groups -OCH3 is 1. The van der Waals surface area contributed by atoms with Crippen LogP contribution in [0, 0.1) is 0 Å². The van der Waals surface area contributed by atoms with Crippen molar-refractivity contribution in [3.8, 4) is 17.2 Å². The number of benzene rings is 3. The quantitative estimate of drug-likeness (QED) is 0.588. The first-order chi connectivity index (χ1) is 13.9. The summed E-state index contributed by atoms with van der Waals surface area (Å²) < 4.78 is 5.56. The third kappa shape index (κ3) is 2.73. The molecule has 4 rings (SSSR count). The van der Waals surface area contributed by atoms with Crippen LogP contribution in [-0.2, 0) is 16.6 Å². The van der Waals surface area contributed by atoms with Gasteiger partial charge in [0, 0.05) is 5.56 Å². The molecule has 0 atom stereocenters. The number of fused-ring (bicyclic) bond motifs is 1. The van der Waals surface area contributed by atoms with Gasteiger partial charge in [0.2, 0.25) is 5.91 Å². The van der Waals surface area contributed by atoms with Crippen molar-refractivity contribution in [3.05, 3.63) is 81.9 Å². The zero-order chi connectivity index (χ0) is 20.8. The Bertz CT molecular complexity index is 1050. The van der Waals surface area contributed by atoms with Crippen LogP contribution in [0.1, 0.15) is 29.2 Å². The van der Waals surface area contributed by atoms with Crippen molar-refractivity contribution in [1.82, 2.24) is 0 Å². The van der Waals surface area contributed by atoms with E-state index in [0.29, 0.717) is 34.0 Å². The van der Waals surface area contributed by atoms with E-state index in [1.165, 1.54) is 7.11 Å². The predicted molar refractivity (Wildman–Crippen MR) is 112 cm³/mol. The first-order valence-corrected chi connectivity index (χ1v) is 9.61. The van der Waals surface area contributed by atoms with E-state index in [2.05, 4.69) is 5.32 Å². The Morgan fingerprint density at radius 1 is 1.00 bits per heavy atom. The lowest BCUT2D eigenvalue weighted by Crippen LogP contribution is -2.37. The third-order valence-electron chi connectivity index (χ3n) is 5.47. The lowest BCUT2D eigenvalue weighted by molar-refractivity contribution is -0.118. The number of phenolic OH excluding ortho intramolecular Hbond substituents is 2. The van der Waals surface area contributed by atoms with E-state index < -0.39 is 5.41 Å². The van der Waals surface area contributed by atoms with Crippen LogP contribution in [0.25, 0.3) is 0 Å². The normalized spacial score (nSPS) is 14.4. The number of aryl methyl sites for hydroxylation is 1. The van der Waals surface area contributed by atoms with Crippen molar-refractivity contribution in [2.75, 3.05) is 12.4 Å². The Hall–Kier alpha value is -3.18. The van der Waals surface area contributed by atoms with E-state index in [0.717, 1.165) is 11.1 Å². The Balaban J connectivity index is 2.12. The van der Waals surface area contributed by atoms with Crippen LogP contribution < -0.4 is 10.1 Å². The Morgan fingerprint density at radius 3 is 1.97 bits per heavy atom. The number of carbonyl (C=O) groups is 1. The fraction of sp³-hybridized carbons (Fsp3) is 0.174. The maximum absolute atomic E-state index is 13.6. The largest absolute Gasteiger partial charge is 0.508 e. The second-order valence-corrected chi connectivity index (χ2v) is 7.33. The molecule has 3 N–H and O–H groups in total. The van der Waals surface area contributed by atoms with Crippen molar-refractivity contribution in [2.24, 2.45) is 0 Å². The number of ether oxygens (including phenoxy) is 1. The number of aromatic hydroxyl groups is 2. The predicted octanol–water partition coefficient (Wildman–Crippen LogP) is 4.61. The molecule has 3 aromatic carbocycles. The van der Waals surface area contributed by atoms with Crippen LogP contribution in [0.3, 0.4) is 0 Å². The minimum Gasteiger partial charge on any atom is -0.508 e. The smallest absolute Gasteiger partial charge is 0.244 e. The average Bonchev–Trinajstić information content (AvgIpc) is 3.01. The van der Waals surface area contributed by atoms with Crippen LogP contribution in [0.2, 0.25) is 5.02 Å². The van der Waals surface area contributed by atoms with E-state index in [1.54, 1.807) is 48.5 Å². The highest BCUT2D eigenvalue weighted by atomic mass is 35.5. The molecule has 1 aliphatic heterocycles. The zero-order valence-electron chi connectivity index (χ0n) is 16.0. The van der Waals surface area contributed by atoms with Crippen molar-refractivity contribution < 1.29 is 19.7 Å². The number of hydrogen-bond donors (Lipinski definition) is 3. The molecule has 0 saturated carbocycles. The van der Waals surface area contributed by atoms with Gasteiger partial charge >= 0.3 is 0 Å². The molecular formula is C23H20ClNO4. The Labute approximate surface area is 173 Å². The molecule has 0 fully saturated rings. The highest BCUT2D eigenvalue weighted by Crippen LogP contribution is 2.53. The molecule has 0 bridgehead atoms. The Morgan fingerprint density at radius 2 is 1.52 bits per heavy atom. The van der Waals surface area contributed by atoms with Gasteiger partial charge in [-0.05, 0) is 47.4 Å². The monoisotopic (exact) mass is 409 g/mol. The Kier molecular flexibility index (Phi) is 4.63. The first kappa shape index (κ1) is 19.2. The molecule has 1 aliphatic rings. The maximum Gasteiger partial charge on any atom is 0.244 e. The third-order valence-corrected chi connectivity index (χ3v) is 5.88. The van der Waals surface area contributed by atoms with Crippen LogP contribution in [0.5, 0.6) is 17.2 Å². The molecule has 1 heterocycles. The molecule has 1 amide bonds. The van der Waals surface area contributed by atoms with Gasteiger partial charge in [-0.3, -0.25) is 4.79 Å². The molecular weight excluding hydrogens is 390 g/mol. The summed E-state index contributed by atoms with van der Waals surface area (Å²) in [5.74, 6) is 0.382. The van der Waals surface area contributed by atoms with E-state index in [-0.39, 0.29) is 17.4 Å². The molecule has 6 heteroatoms. The summed E-state index contributed by atoms with van der Waals surface area (Å²) in [5.41, 5.74) is 2.30. The van der Waals surface area contributed by atoms with Gasteiger partial charge in [-0.1, -0.05) is 48.9 Å².